The van der Waals surface area contributed by atoms with E-state index in [-0.39, 0.29) is 18.5 Å². The van der Waals surface area contributed by atoms with Crippen LogP contribution in [0.5, 0.6) is 0 Å². The van der Waals surface area contributed by atoms with Crippen molar-refractivity contribution in [3.63, 3.8) is 0 Å². The molecular formula is C67H127NO5. The zero-order valence-electron chi connectivity index (χ0n) is 49.1. The second-order valence-corrected chi connectivity index (χ2v) is 22.4. The minimum absolute atomic E-state index is 0.00901. The van der Waals surface area contributed by atoms with Crippen molar-refractivity contribution >= 4 is 11.9 Å². The van der Waals surface area contributed by atoms with Gasteiger partial charge < -0.3 is 20.3 Å². The molecule has 430 valence electrons. The molecule has 0 aromatic heterocycles. The summed E-state index contributed by atoms with van der Waals surface area (Å²) in [5.74, 6) is -0.0509. The van der Waals surface area contributed by atoms with E-state index in [0.29, 0.717) is 25.9 Å². The summed E-state index contributed by atoms with van der Waals surface area (Å²) in [6.45, 7) is 4.94. The highest BCUT2D eigenvalue weighted by atomic mass is 16.5. The highest BCUT2D eigenvalue weighted by molar-refractivity contribution is 5.76. The average Bonchev–Trinajstić information content (AvgIpc) is 3.39. The van der Waals surface area contributed by atoms with Gasteiger partial charge in [-0.2, -0.15) is 0 Å². The molecular weight excluding hydrogens is 899 g/mol. The van der Waals surface area contributed by atoms with E-state index >= 15 is 0 Å². The van der Waals surface area contributed by atoms with Gasteiger partial charge in [-0.25, -0.2) is 0 Å². The molecule has 0 radical (unpaired) electrons. The van der Waals surface area contributed by atoms with Crippen LogP contribution < -0.4 is 5.32 Å². The Balaban J connectivity index is 3.45. The van der Waals surface area contributed by atoms with Crippen LogP contribution in [0.2, 0.25) is 0 Å². The predicted molar refractivity (Wildman–Crippen MR) is 319 cm³/mol. The molecule has 0 aliphatic heterocycles. The van der Waals surface area contributed by atoms with E-state index in [9.17, 15) is 19.8 Å². The van der Waals surface area contributed by atoms with Gasteiger partial charge >= 0.3 is 5.97 Å². The lowest BCUT2D eigenvalue weighted by Crippen LogP contribution is -2.45. The minimum atomic E-state index is -0.672. The number of esters is 1. The molecule has 3 N–H and O–H groups in total. The quantitative estimate of drug-likeness (QED) is 0.0320. The zero-order valence-corrected chi connectivity index (χ0v) is 49.1. The number of carbonyl (C=O) groups is 2. The number of nitrogens with one attached hydrogen (secondary N) is 1. The van der Waals surface area contributed by atoms with Gasteiger partial charge in [-0.15, -0.1) is 0 Å². The van der Waals surface area contributed by atoms with Crippen LogP contribution in [0.4, 0.5) is 0 Å². The van der Waals surface area contributed by atoms with Gasteiger partial charge in [0.15, 0.2) is 0 Å². The largest absolute Gasteiger partial charge is 0.466 e. The molecule has 0 fully saturated rings. The zero-order chi connectivity index (χ0) is 52.9. The molecule has 0 aliphatic rings. The third kappa shape index (κ3) is 59.2. The van der Waals surface area contributed by atoms with Crippen LogP contribution in [0.1, 0.15) is 354 Å². The van der Waals surface area contributed by atoms with Gasteiger partial charge in [0.2, 0.25) is 5.91 Å². The van der Waals surface area contributed by atoms with E-state index in [1.807, 2.05) is 0 Å². The standard InChI is InChI=1S/C67H127NO5/c1-3-5-7-9-11-13-15-17-19-21-22-23-25-28-31-35-39-43-47-51-55-59-65(70)64(63-69)68-66(71)60-56-52-48-44-40-36-32-29-26-24-27-30-34-38-42-46-50-54-58-62-73-67(72)61-57-53-49-45-41-37-33-20-18-16-14-12-10-8-6-4-2/h14,16,20,24,26,33,64-65,69-70H,3-13,15,17-19,21-23,25,27-32,34-63H2,1-2H3,(H,68,71)/b16-14-,26-24-,33-20-. The molecule has 0 aliphatic carbocycles. The van der Waals surface area contributed by atoms with Gasteiger partial charge in [-0.3, -0.25) is 9.59 Å². The Morgan fingerprint density at radius 3 is 1.07 bits per heavy atom. The molecule has 1 amide bonds. The molecule has 6 heteroatoms. The first-order valence-corrected chi connectivity index (χ1v) is 32.7. The smallest absolute Gasteiger partial charge is 0.305 e. The number of ether oxygens (including phenoxy) is 1. The van der Waals surface area contributed by atoms with E-state index in [1.165, 1.54) is 263 Å². The molecule has 0 spiro atoms. The fourth-order valence-electron chi connectivity index (χ4n) is 10.1. The molecule has 0 rings (SSSR count). The molecule has 0 saturated carbocycles. The lowest BCUT2D eigenvalue weighted by atomic mass is 10.0. The fraction of sp³-hybridized carbons (Fsp3) is 0.881. The first-order valence-electron chi connectivity index (χ1n) is 32.7. The van der Waals surface area contributed by atoms with Crippen molar-refractivity contribution < 1.29 is 24.5 Å². The van der Waals surface area contributed by atoms with Crippen LogP contribution in [0.25, 0.3) is 0 Å². The first-order chi connectivity index (χ1) is 36.0. The van der Waals surface area contributed by atoms with Gasteiger partial charge in [-0.05, 0) is 83.5 Å². The van der Waals surface area contributed by atoms with Crippen molar-refractivity contribution in [2.45, 2.75) is 366 Å². The van der Waals surface area contributed by atoms with Crippen molar-refractivity contribution in [2.24, 2.45) is 0 Å². The van der Waals surface area contributed by atoms with Gasteiger partial charge in [0.25, 0.3) is 0 Å². The Morgan fingerprint density at radius 2 is 0.685 bits per heavy atom. The molecule has 0 saturated heterocycles. The molecule has 6 nitrogen and oxygen atoms in total. The van der Waals surface area contributed by atoms with Gasteiger partial charge in [0, 0.05) is 12.8 Å². The SMILES string of the molecule is CCCCCC/C=C\C/C=C\CCCCCCCC(=O)OCCCCCCCCCC/C=C\CCCCCCCCCC(=O)NC(CO)C(O)CCCCCCCCCCCCCCCCCCCCCCC. The first kappa shape index (κ1) is 71.1. The lowest BCUT2D eigenvalue weighted by Gasteiger charge is -2.22. The summed E-state index contributed by atoms with van der Waals surface area (Å²) in [7, 11) is 0. The van der Waals surface area contributed by atoms with Crippen molar-refractivity contribution in [2.75, 3.05) is 13.2 Å². The Labute approximate surface area is 455 Å². The van der Waals surface area contributed by atoms with Crippen molar-refractivity contribution in [3.05, 3.63) is 36.5 Å². The molecule has 2 atom stereocenters. The van der Waals surface area contributed by atoms with Gasteiger partial charge in [0.05, 0.1) is 25.4 Å². The number of aliphatic hydroxyl groups is 2. The average molecular weight is 1030 g/mol. The Hall–Kier alpha value is -1.92. The summed E-state index contributed by atoms with van der Waals surface area (Å²) >= 11 is 0. The summed E-state index contributed by atoms with van der Waals surface area (Å²) in [6.07, 6.45) is 78.7. The second kappa shape index (κ2) is 62.6. The Kier molecular flexibility index (Phi) is 61.0. The number of hydrogen-bond acceptors (Lipinski definition) is 5. The van der Waals surface area contributed by atoms with Crippen LogP contribution >= 0.6 is 0 Å². The molecule has 0 aromatic rings. The van der Waals surface area contributed by atoms with Crippen molar-refractivity contribution in [1.29, 1.82) is 0 Å². The number of allylic oxidation sites excluding steroid dienone is 6. The third-order valence-corrected chi connectivity index (χ3v) is 15.2. The van der Waals surface area contributed by atoms with Crippen LogP contribution in [0.15, 0.2) is 36.5 Å². The predicted octanol–water partition coefficient (Wildman–Crippen LogP) is 20.8. The third-order valence-electron chi connectivity index (χ3n) is 15.2. The summed E-state index contributed by atoms with van der Waals surface area (Å²) in [5, 5.41) is 23.4. The van der Waals surface area contributed by atoms with Crippen LogP contribution in [-0.2, 0) is 14.3 Å². The highest BCUT2D eigenvalue weighted by Gasteiger charge is 2.20. The number of carbonyl (C=O) groups excluding carboxylic acids is 2. The van der Waals surface area contributed by atoms with Crippen LogP contribution in [0, 0.1) is 0 Å². The van der Waals surface area contributed by atoms with Crippen LogP contribution in [-0.4, -0.2) is 47.4 Å². The molecule has 0 heterocycles. The van der Waals surface area contributed by atoms with E-state index < -0.39 is 12.1 Å². The summed E-state index contributed by atoms with van der Waals surface area (Å²) in [4.78, 5) is 24.6. The summed E-state index contributed by atoms with van der Waals surface area (Å²) in [6, 6.07) is -0.550. The monoisotopic (exact) mass is 1030 g/mol. The van der Waals surface area contributed by atoms with E-state index in [2.05, 4.69) is 55.6 Å². The number of unbranched alkanes of at least 4 members (excludes halogenated alkanes) is 44. The maximum atomic E-state index is 12.5. The Bertz CT molecular complexity index is 1180. The summed E-state index contributed by atoms with van der Waals surface area (Å²) in [5.41, 5.74) is 0. The van der Waals surface area contributed by atoms with Gasteiger partial charge in [0.1, 0.15) is 0 Å². The number of amides is 1. The van der Waals surface area contributed by atoms with E-state index in [1.54, 1.807) is 0 Å². The number of rotatable bonds is 61. The molecule has 0 bridgehead atoms. The molecule has 0 aromatic carbocycles. The fourth-order valence-corrected chi connectivity index (χ4v) is 10.1. The number of hydrogen-bond donors (Lipinski definition) is 3. The Morgan fingerprint density at radius 1 is 0.384 bits per heavy atom. The topological polar surface area (TPSA) is 95.9 Å². The summed E-state index contributed by atoms with van der Waals surface area (Å²) < 4.78 is 5.48. The van der Waals surface area contributed by atoms with E-state index in [4.69, 9.17) is 4.74 Å². The highest BCUT2D eigenvalue weighted by Crippen LogP contribution is 2.18. The maximum Gasteiger partial charge on any atom is 0.305 e. The maximum absolute atomic E-state index is 12.5. The minimum Gasteiger partial charge on any atom is -0.466 e. The van der Waals surface area contributed by atoms with Crippen LogP contribution in [0.3, 0.4) is 0 Å². The van der Waals surface area contributed by atoms with Crippen molar-refractivity contribution in [1.82, 2.24) is 5.32 Å². The van der Waals surface area contributed by atoms with E-state index in [0.717, 1.165) is 57.8 Å². The second-order valence-electron chi connectivity index (χ2n) is 22.4. The number of aliphatic hydroxyl groups excluding tert-OH is 2. The molecule has 2 unspecified atom stereocenters. The van der Waals surface area contributed by atoms with Gasteiger partial charge in [-0.1, -0.05) is 294 Å². The lowest BCUT2D eigenvalue weighted by molar-refractivity contribution is -0.143. The van der Waals surface area contributed by atoms with Crippen molar-refractivity contribution in [3.8, 4) is 0 Å². The normalized spacial score (nSPS) is 12.8. The molecule has 73 heavy (non-hydrogen) atoms.